The summed E-state index contributed by atoms with van der Waals surface area (Å²) in [5.41, 5.74) is 3.58. The molecular weight excluding hydrogens is 258 g/mol. The van der Waals surface area contributed by atoms with Crippen LogP contribution in [0.25, 0.3) is 10.8 Å². The van der Waals surface area contributed by atoms with E-state index in [1.54, 1.807) is 7.11 Å². The van der Waals surface area contributed by atoms with Crippen molar-refractivity contribution in [3.63, 3.8) is 0 Å². The molecule has 0 aromatic heterocycles. The van der Waals surface area contributed by atoms with Crippen molar-refractivity contribution in [2.45, 2.75) is 13.5 Å². The van der Waals surface area contributed by atoms with Crippen LogP contribution in [0.3, 0.4) is 0 Å². The SMILES string of the molecule is COc1ccc(CNc2cccc3ccccc23)cc1C. The largest absolute Gasteiger partial charge is 0.496 e. The van der Waals surface area contributed by atoms with E-state index in [1.807, 2.05) is 6.07 Å². The third-order valence-electron chi connectivity index (χ3n) is 3.73. The summed E-state index contributed by atoms with van der Waals surface area (Å²) in [5, 5.41) is 6.04. The Morgan fingerprint density at radius 3 is 2.57 bits per heavy atom. The fraction of sp³-hybridized carbons (Fsp3) is 0.158. The van der Waals surface area contributed by atoms with E-state index >= 15 is 0 Å². The van der Waals surface area contributed by atoms with Crippen LogP contribution in [0.5, 0.6) is 5.75 Å². The maximum atomic E-state index is 5.30. The Bertz CT molecular complexity index is 759. The second-order valence-electron chi connectivity index (χ2n) is 5.18. The van der Waals surface area contributed by atoms with Gasteiger partial charge in [-0.1, -0.05) is 48.5 Å². The highest BCUT2D eigenvalue weighted by Crippen LogP contribution is 2.24. The lowest BCUT2D eigenvalue weighted by atomic mass is 10.1. The van der Waals surface area contributed by atoms with Gasteiger partial charge in [0, 0.05) is 17.6 Å². The van der Waals surface area contributed by atoms with E-state index in [-0.39, 0.29) is 0 Å². The van der Waals surface area contributed by atoms with Crippen molar-refractivity contribution in [2.24, 2.45) is 0 Å². The van der Waals surface area contributed by atoms with Gasteiger partial charge in [0.25, 0.3) is 0 Å². The molecular formula is C19H19NO. The summed E-state index contributed by atoms with van der Waals surface area (Å²) in [5.74, 6) is 0.934. The molecule has 0 atom stereocenters. The Morgan fingerprint density at radius 2 is 1.76 bits per heavy atom. The zero-order valence-corrected chi connectivity index (χ0v) is 12.4. The van der Waals surface area contributed by atoms with Gasteiger partial charge in [-0.05, 0) is 35.6 Å². The van der Waals surface area contributed by atoms with Gasteiger partial charge in [-0.15, -0.1) is 0 Å². The first kappa shape index (κ1) is 13.5. The molecule has 0 saturated carbocycles. The van der Waals surface area contributed by atoms with Gasteiger partial charge < -0.3 is 10.1 Å². The van der Waals surface area contributed by atoms with Crippen LogP contribution in [0.15, 0.2) is 60.7 Å². The second-order valence-corrected chi connectivity index (χ2v) is 5.18. The van der Waals surface area contributed by atoms with E-state index in [0.29, 0.717) is 0 Å². The number of hydrogen-bond donors (Lipinski definition) is 1. The van der Waals surface area contributed by atoms with E-state index in [9.17, 15) is 0 Å². The molecule has 0 aliphatic rings. The van der Waals surface area contributed by atoms with Crippen LogP contribution in [-0.2, 0) is 6.54 Å². The summed E-state index contributed by atoms with van der Waals surface area (Å²) in [4.78, 5) is 0. The van der Waals surface area contributed by atoms with Gasteiger partial charge in [0.15, 0.2) is 0 Å². The highest BCUT2D eigenvalue weighted by Gasteiger charge is 2.02. The number of methoxy groups -OCH3 is 1. The first-order valence-electron chi connectivity index (χ1n) is 7.13. The molecule has 0 aliphatic heterocycles. The van der Waals surface area contributed by atoms with Crippen LogP contribution in [-0.4, -0.2) is 7.11 Å². The van der Waals surface area contributed by atoms with E-state index in [1.165, 1.54) is 22.0 Å². The minimum atomic E-state index is 0.804. The Morgan fingerprint density at radius 1 is 0.952 bits per heavy atom. The molecule has 0 unspecified atom stereocenters. The van der Waals surface area contributed by atoms with Crippen molar-refractivity contribution < 1.29 is 4.74 Å². The number of aryl methyl sites for hydroxylation is 1. The van der Waals surface area contributed by atoms with Gasteiger partial charge in [0.05, 0.1) is 7.11 Å². The maximum absolute atomic E-state index is 5.30. The fourth-order valence-electron chi connectivity index (χ4n) is 2.63. The van der Waals surface area contributed by atoms with E-state index in [4.69, 9.17) is 4.74 Å². The zero-order chi connectivity index (χ0) is 14.7. The Balaban J connectivity index is 1.82. The molecule has 0 saturated heterocycles. The van der Waals surface area contributed by atoms with Crippen LogP contribution in [0.1, 0.15) is 11.1 Å². The summed E-state index contributed by atoms with van der Waals surface area (Å²) in [6.45, 7) is 2.87. The Labute approximate surface area is 125 Å². The second kappa shape index (κ2) is 5.88. The highest BCUT2D eigenvalue weighted by atomic mass is 16.5. The number of hydrogen-bond acceptors (Lipinski definition) is 2. The number of anilines is 1. The number of benzene rings is 3. The van der Waals surface area contributed by atoms with Gasteiger partial charge >= 0.3 is 0 Å². The molecule has 0 fully saturated rings. The lowest BCUT2D eigenvalue weighted by molar-refractivity contribution is 0.411. The molecule has 0 bridgehead atoms. The molecule has 1 N–H and O–H groups in total. The fourth-order valence-corrected chi connectivity index (χ4v) is 2.63. The van der Waals surface area contributed by atoms with Gasteiger partial charge in [-0.25, -0.2) is 0 Å². The zero-order valence-electron chi connectivity index (χ0n) is 12.4. The molecule has 0 aliphatic carbocycles. The van der Waals surface area contributed by atoms with Gasteiger partial charge in [0.2, 0.25) is 0 Å². The van der Waals surface area contributed by atoms with Gasteiger partial charge in [0.1, 0.15) is 5.75 Å². The molecule has 3 aromatic carbocycles. The average molecular weight is 277 g/mol. The molecule has 106 valence electrons. The molecule has 2 nitrogen and oxygen atoms in total. The first-order chi connectivity index (χ1) is 10.3. The van der Waals surface area contributed by atoms with Crippen molar-refractivity contribution in [3.05, 3.63) is 71.8 Å². The minimum Gasteiger partial charge on any atom is -0.496 e. The summed E-state index contributed by atoms with van der Waals surface area (Å²) in [6, 6.07) is 21.1. The third kappa shape index (κ3) is 2.84. The number of fused-ring (bicyclic) bond motifs is 1. The molecule has 0 amide bonds. The van der Waals surface area contributed by atoms with E-state index in [2.05, 4.69) is 66.8 Å². The maximum Gasteiger partial charge on any atom is 0.121 e. The summed E-state index contributed by atoms with van der Waals surface area (Å²) >= 11 is 0. The molecule has 0 spiro atoms. The molecule has 3 rings (SSSR count). The first-order valence-corrected chi connectivity index (χ1v) is 7.13. The van der Waals surface area contributed by atoms with Crippen LogP contribution >= 0.6 is 0 Å². The highest BCUT2D eigenvalue weighted by molar-refractivity contribution is 5.93. The molecule has 2 heteroatoms. The number of rotatable bonds is 4. The van der Waals surface area contributed by atoms with Gasteiger partial charge in [-0.3, -0.25) is 0 Å². The summed E-state index contributed by atoms with van der Waals surface area (Å²) in [7, 11) is 1.70. The van der Waals surface area contributed by atoms with Crippen LogP contribution < -0.4 is 10.1 Å². The smallest absolute Gasteiger partial charge is 0.121 e. The molecule has 21 heavy (non-hydrogen) atoms. The monoisotopic (exact) mass is 277 g/mol. The van der Waals surface area contributed by atoms with Crippen LogP contribution in [0, 0.1) is 6.92 Å². The van der Waals surface area contributed by atoms with Crippen molar-refractivity contribution in [1.29, 1.82) is 0 Å². The van der Waals surface area contributed by atoms with E-state index in [0.717, 1.165) is 17.9 Å². The van der Waals surface area contributed by atoms with Crippen LogP contribution in [0.2, 0.25) is 0 Å². The number of ether oxygens (including phenoxy) is 1. The predicted octanol–water partition coefficient (Wildman–Crippen LogP) is 4.77. The normalized spacial score (nSPS) is 10.6. The summed E-state index contributed by atoms with van der Waals surface area (Å²) in [6.07, 6.45) is 0. The van der Waals surface area contributed by atoms with Crippen molar-refractivity contribution >= 4 is 16.5 Å². The third-order valence-corrected chi connectivity index (χ3v) is 3.73. The Kier molecular flexibility index (Phi) is 3.78. The topological polar surface area (TPSA) is 21.3 Å². The lowest BCUT2D eigenvalue weighted by Gasteiger charge is -2.11. The lowest BCUT2D eigenvalue weighted by Crippen LogP contribution is -2.00. The van der Waals surface area contributed by atoms with Gasteiger partial charge in [-0.2, -0.15) is 0 Å². The molecule has 3 aromatic rings. The van der Waals surface area contributed by atoms with Crippen molar-refractivity contribution in [2.75, 3.05) is 12.4 Å². The standard InChI is InChI=1S/C19H19NO/c1-14-12-15(10-11-19(14)21-2)13-20-18-9-5-7-16-6-3-4-8-17(16)18/h3-12,20H,13H2,1-2H3. The molecule has 0 radical (unpaired) electrons. The van der Waals surface area contributed by atoms with Crippen molar-refractivity contribution in [3.8, 4) is 5.75 Å². The van der Waals surface area contributed by atoms with Crippen LogP contribution in [0.4, 0.5) is 5.69 Å². The molecule has 0 heterocycles. The van der Waals surface area contributed by atoms with Crippen molar-refractivity contribution in [1.82, 2.24) is 0 Å². The predicted molar refractivity (Wildman–Crippen MR) is 89.0 cm³/mol. The summed E-state index contributed by atoms with van der Waals surface area (Å²) < 4.78 is 5.30. The number of nitrogens with one attached hydrogen (secondary N) is 1. The van der Waals surface area contributed by atoms with E-state index < -0.39 is 0 Å². The Hall–Kier alpha value is -2.48. The minimum absolute atomic E-state index is 0.804. The average Bonchev–Trinajstić information content (AvgIpc) is 2.53. The quantitative estimate of drug-likeness (QED) is 0.741.